The second kappa shape index (κ2) is 10.2. The van der Waals surface area contributed by atoms with Gasteiger partial charge in [-0.2, -0.15) is 0 Å². The van der Waals surface area contributed by atoms with Crippen LogP contribution in [0.25, 0.3) is 0 Å². The van der Waals surface area contributed by atoms with Crippen LogP contribution in [0.15, 0.2) is 54.6 Å². The van der Waals surface area contributed by atoms with Crippen molar-refractivity contribution in [3.8, 4) is 0 Å². The third kappa shape index (κ3) is 7.03. The second-order valence-electron chi connectivity index (χ2n) is 5.78. The van der Waals surface area contributed by atoms with Crippen LogP contribution in [0.3, 0.4) is 0 Å². The first-order valence-corrected chi connectivity index (χ1v) is 9.76. The number of carbonyl (C=O) groups excluding carboxylic acids is 1. The zero-order valence-electron chi connectivity index (χ0n) is 14.5. The van der Waals surface area contributed by atoms with Gasteiger partial charge in [0.2, 0.25) is 15.9 Å². The predicted molar refractivity (Wildman–Crippen MR) is 108 cm³/mol. The molecule has 0 heterocycles. The minimum Gasteiger partial charge on any atom is -0.325 e. The Morgan fingerprint density at radius 1 is 1.04 bits per heavy atom. The first-order chi connectivity index (χ1) is 11.9. The Labute approximate surface area is 160 Å². The minimum atomic E-state index is -3.33. The molecule has 0 aliphatic rings. The van der Waals surface area contributed by atoms with Crippen LogP contribution in [0.5, 0.6) is 0 Å². The van der Waals surface area contributed by atoms with Crippen molar-refractivity contribution in [3.05, 3.63) is 60.2 Å². The van der Waals surface area contributed by atoms with Crippen LogP contribution in [0.4, 0.5) is 11.4 Å². The molecule has 2 rings (SSSR count). The van der Waals surface area contributed by atoms with E-state index in [1.807, 2.05) is 30.3 Å². The summed E-state index contributed by atoms with van der Waals surface area (Å²) in [5.74, 6) is -0.219. The number of hydrogen-bond donors (Lipinski definition) is 3. The Hall–Kier alpha value is -2.09. The normalized spacial score (nSPS) is 11.9. The van der Waals surface area contributed by atoms with Crippen molar-refractivity contribution in [3.63, 3.8) is 0 Å². The Balaban J connectivity index is 0.00000338. The highest BCUT2D eigenvalue weighted by atomic mass is 35.5. The molecule has 1 atom stereocenters. The van der Waals surface area contributed by atoms with Gasteiger partial charge in [-0.25, -0.2) is 8.42 Å². The fourth-order valence-corrected chi connectivity index (χ4v) is 3.45. The molecule has 2 aromatic rings. The first kappa shape index (κ1) is 22.0. The number of carbonyl (C=O) groups is 1. The molecule has 1 amide bonds. The summed E-state index contributed by atoms with van der Waals surface area (Å²) in [6.07, 6.45) is 0.990. The van der Waals surface area contributed by atoms with Gasteiger partial charge in [0.25, 0.3) is 0 Å². The van der Waals surface area contributed by atoms with Crippen molar-refractivity contribution < 1.29 is 13.2 Å². The molecule has 0 aliphatic carbocycles. The molecule has 0 radical (unpaired) electrons. The van der Waals surface area contributed by atoms with Crippen molar-refractivity contribution in [2.45, 2.75) is 25.8 Å². The third-order valence-electron chi connectivity index (χ3n) is 3.53. The Bertz CT molecular complexity index is 796. The Morgan fingerprint density at radius 3 is 2.19 bits per heavy atom. The van der Waals surface area contributed by atoms with Crippen molar-refractivity contribution in [2.24, 2.45) is 5.73 Å². The maximum absolute atomic E-state index is 12.2. The molecule has 0 spiro atoms. The van der Waals surface area contributed by atoms with Gasteiger partial charge in [0.1, 0.15) is 0 Å². The van der Waals surface area contributed by atoms with Gasteiger partial charge in [-0.15, -0.1) is 12.4 Å². The first-order valence-electron chi connectivity index (χ1n) is 8.10. The van der Waals surface area contributed by atoms with E-state index < -0.39 is 16.1 Å². The summed E-state index contributed by atoms with van der Waals surface area (Å²) >= 11 is 0. The molecule has 2 aromatic carbocycles. The third-order valence-corrected chi connectivity index (χ3v) is 5.03. The molecule has 0 saturated heterocycles. The largest absolute Gasteiger partial charge is 0.325 e. The number of nitrogens with one attached hydrogen (secondary N) is 2. The highest BCUT2D eigenvalue weighted by Crippen LogP contribution is 2.15. The maximum atomic E-state index is 12.2. The molecule has 142 valence electrons. The molecule has 0 aliphatic heterocycles. The SMILES string of the molecule is CCCS(=O)(=O)Nc1ccc(NC(=O)[C@@H](N)Cc2ccccc2)cc1.Cl. The molecule has 4 N–H and O–H groups in total. The molecule has 0 aromatic heterocycles. The summed E-state index contributed by atoms with van der Waals surface area (Å²) < 4.78 is 25.9. The number of halogens is 1. The molecular formula is C18H24ClN3O3S. The number of benzene rings is 2. The van der Waals surface area contributed by atoms with Crippen LogP contribution in [-0.4, -0.2) is 26.1 Å². The molecule has 6 nitrogen and oxygen atoms in total. The number of hydrogen-bond acceptors (Lipinski definition) is 4. The van der Waals surface area contributed by atoms with Crippen molar-refractivity contribution in [1.82, 2.24) is 0 Å². The lowest BCUT2D eigenvalue weighted by atomic mass is 10.1. The van der Waals surface area contributed by atoms with Crippen LogP contribution in [0.1, 0.15) is 18.9 Å². The Morgan fingerprint density at radius 2 is 1.62 bits per heavy atom. The maximum Gasteiger partial charge on any atom is 0.241 e. The van der Waals surface area contributed by atoms with E-state index in [2.05, 4.69) is 10.0 Å². The van der Waals surface area contributed by atoms with Gasteiger partial charge in [-0.05, 0) is 42.7 Å². The van der Waals surface area contributed by atoms with Crippen LogP contribution in [-0.2, 0) is 21.2 Å². The lowest BCUT2D eigenvalue weighted by Gasteiger charge is -2.13. The number of amides is 1. The van der Waals surface area contributed by atoms with Crippen molar-refractivity contribution in [1.29, 1.82) is 0 Å². The van der Waals surface area contributed by atoms with Gasteiger partial charge in [0, 0.05) is 11.4 Å². The summed E-state index contributed by atoms with van der Waals surface area (Å²) in [7, 11) is -3.33. The fraction of sp³-hybridized carbons (Fsp3) is 0.278. The summed E-state index contributed by atoms with van der Waals surface area (Å²) in [5, 5.41) is 2.74. The number of rotatable bonds is 8. The van der Waals surface area contributed by atoms with Crippen molar-refractivity contribution >= 4 is 39.7 Å². The molecule has 8 heteroatoms. The highest BCUT2D eigenvalue weighted by Gasteiger charge is 2.14. The van der Waals surface area contributed by atoms with E-state index in [1.165, 1.54) is 0 Å². The standard InChI is InChI=1S/C18H23N3O3S.ClH/c1-2-12-25(23,24)21-16-10-8-15(9-11-16)20-18(22)17(19)13-14-6-4-3-5-7-14;/h3-11,17,21H,2,12-13,19H2,1H3,(H,20,22);1H/t17-;/m0./s1. The van der Waals surface area contributed by atoms with Gasteiger partial charge < -0.3 is 11.1 Å². The number of sulfonamides is 1. The van der Waals surface area contributed by atoms with E-state index in [9.17, 15) is 13.2 Å². The minimum absolute atomic E-state index is 0. The van der Waals surface area contributed by atoms with Crippen LogP contribution in [0, 0.1) is 0 Å². The molecule has 0 saturated carbocycles. The monoisotopic (exact) mass is 397 g/mol. The average molecular weight is 398 g/mol. The van der Waals surface area contributed by atoms with E-state index in [1.54, 1.807) is 31.2 Å². The topological polar surface area (TPSA) is 101 Å². The predicted octanol–water partition coefficient (Wildman–Crippen LogP) is 2.77. The van der Waals surface area contributed by atoms with E-state index in [4.69, 9.17) is 5.73 Å². The lowest BCUT2D eigenvalue weighted by molar-refractivity contribution is -0.117. The Kier molecular flexibility index (Phi) is 8.57. The summed E-state index contributed by atoms with van der Waals surface area (Å²) in [6, 6.07) is 15.4. The van der Waals surface area contributed by atoms with Gasteiger partial charge in [-0.3, -0.25) is 9.52 Å². The summed E-state index contributed by atoms with van der Waals surface area (Å²) in [4.78, 5) is 12.2. The van der Waals surface area contributed by atoms with E-state index >= 15 is 0 Å². The summed E-state index contributed by atoms with van der Waals surface area (Å²) in [5.41, 5.74) is 7.95. The van der Waals surface area contributed by atoms with Crippen LogP contribution in [0.2, 0.25) is 0 Å². The van der Waals surface area contributed by atoms with Crippen LogP contribution >= 0.6 is 12.4 Å². The number of anilines is 2. The van der Waals surface area contributed by atoms with Gasteiger partial charge >= 0.3 is 0 Å². The molecule has 26 heavy (non-hydrogen) atoms. The fourth-order valence-electron chi connectivity index (χ4n) is 2.32. The lowest BCUT2D eigenvalue weighted by Crippen LogP contribution is -2.37. The average Bonchev–Trinajstić information content (AvgIpc) is 2.57. The zero-order chi connectivity index (χ0) is 18.3. The van der Waals surface area contributed by atoms with Gasteiger partial charge in [0.05, 0.1) is 11.8 Å². The molecule has 0 bridgehead atoms. The zero-order valence-corrected chi connectivity index (χ0v) is 16.1. The van der Waals surface area contributed by atoms with Gasteiger partial charge in [-0.1, -0.05) is 37.3 Å². The number of nitrogens with two attached hydrogens (primary N) is 1. The summed E-state index contributed by atoms with van der Waals surface area (Å²) in [6.45, 7) is 1.80. The molecule has 0 unspecified atom stereocenters. The molecule has 0 fully saturated rings. The second-order valence-corrected chi connectivity index (χ2v) is 7.63. The van der Waals surface area contributed by atoms with Crippen LogP contribution < -0.4 is 15.8 Å². The van der Waals surface area contributed by atoms with Gasteiger partial charge in [0.15, 0.2) is 0 Å². The van der Waals surface area contributed by atoms with E-state index in [0.29, 0.717) is 24.2 Å². The van der Waals surface area contributed by atoms with Crippen molar-refractivity contribution in [2.75, 3.05) is 15.8 Å². The quantitative estimate of drug-likeness (QED) is 0.637. The van der Waals surface area contributed by atoms with E-state index in [0.717, 1.165) is 5.56 Å². The van der Waals surface area contributed by atoms with E-state index in [-0.39, 0.29) is 24.1 Å². The smallest absolute Gasteiger partial charge is 0.241 e. The highest BCUT2D eigenvalue weighted by molar-refractivity contribution is 7.92. The molecular weight excluding hydrogens is 374 g/mol.